The molecule has 132 valence electrons. The molecule has 2 aliphatic rings. The minimum atomic E-state index is -0.234. The third kappa shape index (κ3) is 4.58. The predicted octanol–water partition coefficient (Wildman–Crippen LogP) is 2.66. The van der Waals surface area contributed by atoms with Crippen molar-refractivity contribution in [2.45, 2.75) is 51.7 Å². The Balaban J connectivity index is 1.52. The van der Waals surface area contributed by atoms with Crippen LogP contribution in [0.3, 0.4) is 0 Å². The molecule has 4 nitrogen and oxygen atoms in total. The van der Waals surface area contributed by atoms with Crippen LogP contribution in [-0.2, 0) is 4.79 Å². The monoisotopic (exact) mass is 330 g/mol. The molecule has 1 amide bonds. The number of aliphatic hydroxyl groups excluding tert-OH is 1. The Kier molecular flexibility index (Phi) is 5.57. The number of rotatable bonds is 6. The summed E-state index contributed by atoms with van der Waals surface area (Å²) in [6.07, 6.45) is 4.14. The number of likely N-dealkylation sites (tertiary alicyclic amines) is 1. The first kappa shape index (κ1) is 17.4. The summed E-state index contributed by atoms with van der Waals surface area (Å²) in [4.78, 5) is 14.7. The molecule has 2 N–H and O–H groups in total. The van der Waals surface area contributed by atoms with Gasteiger partial charge in [-0.1, -0.05) is 29.8 Å². The van der Waals surface area contributed by atoms with Crippen molar-refractivity contribution in [3.05, 3.63) is 35.4 Å². The summed E-state index contributed by atoms with van der Waals surface area (Å²) in [6.45, 7) is 6.24. The van der Waals surface area contributed by atoms with Gasteiger partial charge in [0.1, 0.15) is 0 Å². The van der Waals surface area contributed by atoms with Crippen LogP contribution in [0.1, 0.15) is 49.8 Å². The van der Waals surface area contributed by atoms with E-state index in [1.807, 2.05) is 6.92 Å². The standard InChI is InChI=1S/C20H30N2O2/c1-14-3-5-17(6-4-14)20(18-7-8-18)21-19(24)13-22-11-9-16(10-12-22)15(2)23/h3-6,15-16,18,20,23H,7-13H2,1-2H3,(H,21,24). The van der Waals surface area contributed by atoms with E-state index in [1.54, 1.807) is 0 Å². The molecule has 1 saturated carbocycles. The number of hydrogen-bond acceptors (Lipinski definition) is 3. The maximum absolute atomic E-state index is 12.5. The van der Waals surface area contributed by atoms with Crippen LogP contribution in [0.15, 0.2) is 24.3 Å². The zero-order valence-corrected chi connectivity index (χ0v) is 14.9. The van der Waals surface area contributed by atoms with Crippen LogP contribution in [-0.4, -0.2) is 41.7 Å². The minimum absolute atomic E-state index is 0.128. The molecular formula is C20H30N2O2. The zero-order chi connectivity index (χ0) is 17.1. The highest BCUT2D eigenvalue weighted by atomic mass is 16.3. The summed E-state index contributed by atoms with van der Waals surface area (Å²) in [5.41, 5.74) is 2.48. The van der Waals surface area contributed by atoms with E-state index < -0.39 is 0 Å². The van der Waals surface area contributed by atoms with E-state index in [9.17, 15) is 9.90 Å². The summed E-state index contributed by atoms with van der Waals surface area (Å²) in [5, 5.41) is 12.9. The molecule has 0 aromatic heterocycles. The first-order valence-corrected chi connectivity index (χ1v) is 9.29. The molecule has 24 heavy (non-hydrogen) atoms. The molecule has 1 saturated heterocycles. The van der Waals surface area contributed by atoms with Gasteiger partial charge in [-0.25, -0.2) is 0 Å². The Morgan fingerprint density at radius 3 is 2.33 bits per heavy atom. The van der Waals surface area contributed by atoms with Gasteiger partial charge in [-0.2, -0.15) is 0 Å². The van der Waals surface area contributed by atoms with E-state index in [-0.39, 0.29) is 18.1 Å². The highest BCUT2D eigenvalue weighted by Crippen LogP contribution is 2.41. The maximum atomic E-state index is 12.5. The van der Waals surface area contributed by atoms with Crippen LogP contribution < -0.4 is 5.32 Å². The Bertz CT molecular complexity index is 543. The molecule has 0 bridgehead atoms. The average Bonchev–Trinajstić information content (AvgIpc) is 3.39. The van der Waals surface area contributed by atoms with Gasteiger partial charge >= 0.3 is 0 Å². The van der Waals surface area contributed by atoms with Gasteiger partial charge in [0, 0.05) is 0 Å². The number of hydrogen-bond donors (Lipinski definition) is 2. The molecule has 1 aromatic rings. The van der Waals surface area contributed by atoms with E-state index in [0.29, 0.717) is 18.4 Å². The number of aryl methyl sites for hydroxylation is 1. The highest BCUT2D eigenvalue weighted by Gasteiger charge is 2.33. The summed E-state index contributed by atoms with van der Waals surface area (Å²) in [6, 6.07) is 8.70. The molecule has 1 aromatic carbocycles. The molecule has 1 heterocycles. The molecule has 1 aliphatic carbocycles. The first-order valence-electron chi connectivity index (χ1n) is 9.29. The van der Waals surface area contributed by atoms with Gasteiger partial charge < -0.3 is 10.4 Å². The topological polar surface area (TPSA) is 52.6 Å². The van der Waals surface area contributed by atoms with Gasteiger partial charge in [0.25, 0.3) is 0 Å². The second-order valence-corrected chi connectivity index (χ2v) is 7.65. The number of piperidine rings is 1. The van der Waals surface area contributed by atoms with Crippen molar-refractivity contribution in [3.8, 4) is 0 Å². The summed E-state index contributed by atoms with van der Waals surface area (Å²) in [7, 11) is 0. The van der Waals surface area contributed by atoms with Gasteiger partial charge in [0.15, 0.2) is 0 Å². The van der Waals surface area contributed by atoms with Crippen molar-refractivity contribution in [3.63, 3.8) is 0 Å². The zero-order valence-electron chi connectivity index (χ0n) is 14.9. The van der Waals surface area contributed by atoms with Crippen molar-refractivity contribution < 1.29 is 9.90 Å². The lowest BCUT2D eigenvalue weighted by Gasteiger charge is -2.33. The lowest BCUT2D eigenvalue weighted by molar-refractivity contribution is -0.123. The molecule has 2 unspecified atom stereocenters. The second-order valence-electron chi connectivity index (χ2n) is 7.65. The predicted molar refractivity (Wildman–Crippen MR) is 95.6 cm³/mol. The summed E-state index contributed by atoms with van der Waals surface area (Å²) >= 11 is 0. The van der Waals surface area contributed by atoms with Crippen molar-refractivity contribution in [2.24, 2.45) is 11.8 Å². The summed E-state index contributed by atoms with van der Waals surface area (Å²) in [5.74, 6) is 1.11. The average molecular weight is 330 g/mol. The summed E-state index contributed by atoms with van der Waals surface area (Å²) < 4.78 is 0. The number of nitrogens with zero attached hydrogens (tertiary/aromatic N) is 1. The van der Waals surface area contributed by atoms with Crippen LogP contribution in [0.25, 0.3) is 0 Å². The fourth-order valence-electron chi connectivity index (χ4n) is 3.69. The van der Waals surface area contributed by atoms with E-state index in [1.165, 1.54) is 24.0 Å². The molecule has 0 radical (unpaired) electrons. The van der Waals surface area contributed by atoms with Gasteiger partial charge in [-0.05, 0) is 70.0 Å². The Hall–Kier alpha value is -1.39. The third-order valence-corrected chi connectivity index (χ3v) is 5.53. The van der Waals surface area contributed by atoms with Crippen molar-refractivity contribution in [1.29, 1.82) is 0 Å². The maximum Gasteiger partial charge on any atom is 0.234 e. The Morgan fingerprint density at radius 1 is 1.17 bits per heavy atom. The molecule has 1 aliphatic heterocycles. The van der Waals surface area contributed by atoms with Crippen molar-refractivity contribution in [2.75, 3.05) is 19.6 Å². The lowest BCUT2D eigenvalue weighted by atomic mass is 9.92. The van der Waals surface area contributed by atoms with Gasteiger partial charge in [0.05, 0.1) is 18.7 Å². The van der Waals surface area contributed by atoms with E-state index in [2.05, 4.69) is 41.4 Å². The number of nitrogens with one attached hydrogen (secondary N) is 1. The minimum Gasteiger partial charge on any atom is -0.393 e. The van der Waals surface area contributed by atoms with E-state index >= 15 is 0 Å². The SMILES string of the molecule is Cc1ccc(C(NC(=O)CN2CCC(C(C)O)CC2)C2CC2)cc1. The highest BCUT2D eigenvalue weighted by molar-refractivity contribution is 5.78. The quantitative estimate of drug-likeness (QED) is 0.843. The van der Waals surface area contributed by atoms with Crippen molar-refractivity contribution in [1.82, 2.24) is 10.2 Å². The molecular weight excluding hydrogens is 300 g/mol. The van der Waals surface area contributed by atoms with Gasteiger partial charge in [-0.3, -0.25) is 9.69 Å². The first-order chi connectivity index (χ1) is 11.5. The van der Waals surface area contributed by atoms with Crippen LogP contribution in [0.2, 0.25) is 0 Å². The largest absolute Gasteiger partial charge is 0.393 e. The lowest BCUT2D eigenvalue weighted by Crippen LogP contribution is -2.44. The molecule has 3 rings (SSSR count). The van der Waals surface area contributed by atoms with Crippen LogP contribution in [0.4, 0.5) is 0 Å². The normalized spacial score (nSPS) is 22.1. The fraction of sp³-hybridized carbons (Fsp3) is 0.650. The number of amides is 1. The molecule has 2 atom stereocenters. The van der Waals surface area contributed by atoms with Crippen LogP contribution >= 0.6 is 0 Å². The van der Waals surface area contributed by atoms with Crippen LogP contribution in [0.5, 0.6) is 0 Å². The van der Waals surface area contributed by atoms with Gasteiger partial charge in [-0.15, -0.1) is 0 Å². The Labute approximate surface area is 145 Å². The second kappa shape index (κ2) is 7.66. The number of carbonyl (C=O) groups excluding carboxylic acids is 1. The number of carbonyl (C=O) groups is 1. The van der Waals surface area contributed by atoms with Gasteiger partial charge in [0.2, 0.25) is 5.91 Å². The third-order valence-electron chi connectivity index (χ3n) is 5.53. The van der Waals surface area contributed by atoms with E-state index in [0.717, 1.165) is 25.9 Å². The molecule has 0 spiro atoms. The van der Waals surface area contributed by atoms with E-state index in [4.69, 9.17) is 0 Å². The fourth-order valence-corrected chi connectivity index (χ4v) is 3.69. The Morgan fingerprint density at radius 2 is 1.79 bits per heavy atom. The molecule has 4 heteroatoms. The van der Waals surface area contributed by atoms with Crippen molar-refractivity contribution >= 4 is 5.91 Å². The number of aliphatic hydroxyl groups is 1. The molecule has 2 fully saturated rings. The van der Waals surface area contributed by atoms with Crippen LogP contribution in [0, 0.1) is 18.8 Å². The smallest absolute Gasteiger partial charge is 0.234 e. The number of benzene rings is 1.